The van der Waals surface area contributed by atoms with Crippen LogP contribution in [0.25, 0.3) is 16.7 Å². The average Bonchev–Trinajstić information content (AvgIpc) is 2.79. The van der Waals surface area contributed by atoms with Gasteiger partial charge in [0.05, 0.1) is 17.8 Å². The van der Waals surface area contributed by atoms with Crippen molar-refractivity contribution in [2.45, 2.75) is 6.92 Å². The topological polar surface area (TPSA) is 29.9 Å². The quantitative estimate of drug-likeness (QED) is 0.605. The Morgan fingerprint density at radius 1 is 1.33 bits per heavy atom. The van der Waals surface area contributed by atoms with Gasteiger partial charge < -0.3 is 9.72 Å². The van der Waals surface area contributed by atoms with E-state index in [0.29, 0.717) is 16.4 Å². The summed E-state index contributed by atoms with van der Waals surface area (Å²) < 4.78 is 9.12. The highest BCUT2D eigenvalue weighted by molar-refractivity contribution is 9.10. The minimum atomic E-state index is 0.597. The zero-order valence-corrected chi connectivity index (χ0v) is 14.3. The van der Waals surface area contributed by atoms with E-state index < -0.39 is 0 Å². The van der Waals surface area contributed by atoms with E-state index in [1.807, 2.05) is 47.9 Å². The Morgan fingerprint density at radius 3 is 2.90 bits per heavy atom. The maximum Gasteiger partial charge on any atom is 0.182 e. The number of rotatable bonds is 3. The third-order valence-electron chi connectivity index (χ3n) is 3.13. The van der Waals surface area contributed by atoms with Crippen molar-refractivity contribution >= 4 is 50.8 Å². The number of benzene rings is 2. The fraction of sp³-hybridized carbons (Fsp3) is 0.133. The fourth-order valence-electron chi connectivity index (χ4n) is 2.28. The Labute approximate surface area is 140 Å². The standard InChI is InChI=1S/C15H12BrClN2OS/c1-2-20-13-5-3-4-11-14(13)18-15(21)19(11)12-8-9(17)6-7-10(12)16/h3-8H,2H2,1H3,(H,18,21). The van der Waals surface area contributed by atoms with Gasteiger partial charge in [-0.05, 0) is 65.4 Å². The predicted molar refractivity (Wildman–Crippen MR) is 92.3 cm³/mol. The molecule has 21 heavy (non-hydrogen) atoms. The molecule has 1 aromatic heterocycles. The molecule has 3 nitrogen and oxygen atoms in total. The summed E-state index contributed by atoms with van der Waals surface area (Å²) in [5.74, 6) is 0.790. The summed E-state index contributed by atoms with van der Waals surface area (Å²) in [5.41, 5.74) is 2.73. The molecule has 0 bridgehead atoms. The summed E-state index contributed by atoms with van der Waals surface area (Å²) in [6, 6.07) is 11.5. The molecular weight excluding hydrogens is 372 g/mol. The zero-order valence-electron chi connectivity index (χ0n) is 11.2. The Balaban J connectivity index is 2.33. The highest BCUT2D eigenvalue weighted by Crippen LogP contribution is 2.31. The first-order chi connectivity index (χ1) is 10.1. The lowest BCUT2D eigenvalue weighted by Crippen LogP contribution is -1.96. The van der Waals surface area contributed by atoms with Gasteiger partial charge in [-0.15, -0.1) is 0 Å². The first-order valence-electron chi connectivity index (χ1n) is 6.43. The van der Waals surface area contributed by atoms with Gasteiger partial charge in [-0.1, -0.05) is 17.7 Å². The number of fused-ring (bicyclic) bond motifs is 1. The Hall–Kier alpha value is -1.30. The molecule has 108 valence electrons. The summed E-state index contributed by atoms with van der Waals surface area (Å²) in [4.78, 5) is 3.21. The minimum Gasteiger partial charge on any atom is -0.492 e. The molecule has 1 heterocycles. The average molecular weight is 384 g/mol. The second kappa shape index (κ2) is 5.83. The number of hydrogen-bond acceptors (Lipinski definition) is 2. The van der Waals surface area contributed by atoms with Crippen LogP contribution in [-0.2, 0) is 0 Å². The first-order valence-corrected chi connectivity index (χ1v) is 8.01. The molecule has 0 saturated carbocycles. The number of H-pyrrole nitrogens is 1. The van der Waals surface area contributed by atoms with Gasteiger partial charge in [0.15, 0.2) is 4.77 Å². The van der Waals surface area contributed by atoms with Crippen LogP contribution in [0.15, 0.2) is 40.9 Å². The number of aromatic nitrogens is 2. The van der Waals surface area contributed by atoms with Crippen molar-refractivity contribution in [2.75, 3.05) is 6.61 Å². The molecule has 0 atom stereocenters. The number of ether oxygens (including phenoxy) is 1. The SMILES string of the molecule is CCOc1cccc2c1[nH]c(=S)n2-c1cc(Cl)ccc1Br. The summed E-state index contributed by atoms with van der Waals surface area (Å²) in [6.07, 6.45) is 0. The molecule has 0 unspecified atom stereocenters. The van der Waals surface area contributed by atoms with E-state index in [1.165, 1.54) is 0 Å². The summed E-state index contributed by atoms with van der Waals surface area (Å²) in [7, 11) is 0. The van der Waals surface area contributed by atoms with Gasteiger partial charge in [0.1, 0.15) is 11.3 Å². The number of halogens is 2. The van der Waals surface area contributed by atoms with Crippen molar-refractivity contribution in [2.24, 2.45) is 0 Å². The molecule has 0 radical (unpaired) electrons. The van der Waals surface area contributed by atoms with Crippen LogP contribution < -0.4 is 4.74 Å². The van der Waals surface area contributed by atoms with Crippen molar-refractivity contribution in [3.63, 3.8) is 0 Å². The van der Waals surface area contributed by atoms with Crippen molar-refractivity contribution in [1.82, 2.24) is 9.55 Å². The number of aromatic amines is 1. The van der Waals surface area contributed by atoms with Gasteiger partial charge in [-0.25, -0.2) is 0 Å². The van der Waals surface area contributed by atoms with Gasteiger partial charge in [0.25, 0.3) is 0 Å². The molecule has 0 saturated heterocycles. The molecule has 6 heteroatoms. The van der Waals surface area contributed by atoms with Crippen LogP contribution in [0.4, 0.5) is 0 Å². The number of nitrogens with zero attached hydrogens (tertiary/aromatic N) is 1. The normalized spacial score (nSPS) is 11.0. The lowest BCUT2D eigenvalue weighted by molar-refractivity contribution is 0.343. The minimum absolute atomic E-state index is 0.597. The van der Waals surface area contributed by atoms with Crippen LogP contribution in [0.1, 0.15) is 6.92 Å². The summed E-state index contributed by atoms with van der Waals surface area (Å²) >= 11 is 15.1. The molecule has 3 rings (SSSR count). The van der Waals surface area contributed by atoms with Crippen LogP contribution in [0, 0.1) is 4.77 Å². The maximum atomic E-state index is 6.12. The fourth-order valence-corrected chi connectivity index (χ4v) is 3.16. The predicted octanol–water partition coefficient (Wildman–Crippen LogP) is 5.50. The van der Waals surface area contributed by atoms with Gasteiger partial charge >= 0.3 is 0 Å². The van der Waals surface area contributed by atoms with Crippen LogP contribution >= 0.6 is 39.7 Å². The van der Waals surface area contributed by atoms with Crippen molar-refractivity contribution < 1.29 is 4.74 Å². The second-order valence-electron chi connectivity index (χ2n) is 4.44. The molecule has 2 aromatic carbocycles. The van der Waals surface area contributed by atoms with E-state index >= 15 is 0 Å². The van der Waals surface area contributed by atoms with Crippen molar-refractivity contribution in [3.05, 3.63) is 50.7 Å². The van der Waals surface area contributed by atoms with Crippen LogP contribution in [-0.4, -0.2) is 16.2 Å². The number of nitrogens with one attached hydrogen (secondary N) is 1. The van der Waals surface area contributed by atoms with Crippen LogP contribution in [0.3, 0.4) is 0 Å². The van der Waals surface area contributed by atoms with Crippen molar-refractivity contribution in [1.29, 1.82) is 0 Å². The lowest BCUT2D eigenvalue weighted by atomic mass is 10.2. The van der Waals surface area contributed by atoms with Gasteiger partial charge in [0.2, 0.25) is 0 Å². The molecular formula is C15H12BrClN2OS. The number of hydrogen-bond donors (Lipinski definition) is 1. The van der Waals surface area contributed by atoms with E-state index in [0.717, 1.165) is 26.9 Å². The third-order valence-corrected chi connectivity index (χ3v) is 4.32. The smallest absolute Gasteiger partial charge is 0.182 e. The molecule has 1 N–H and O–H groups in total. The van der Waals surface area contributed by atoms with Gasteiger partial charge in [0, 0.05) is 9.50 Å². The monoisotopic (exact) mass is 382 g/mol. The Kier molecular flexibility index (Phi) is 4.06. The molecule has 3 aromatic rings. The van der Waals surface area contributed by atoms with Crippen LogP contribution in [0.2, 0.25) is 5.02 Å². The van der Waals surface area contributed by atoms with E-state index in [9.17, 15) is 0 Å². The second-order valence-corrected chi connectivity index (χ2v) is 6.12. The zero-order chi connectivity index (χ0) is 15.0. The summed E-state index contributed by atoms with van der Waals surface area (Å²) in [6.45, 7) is 2.56. The number of para-hydroxylation sites is 1. The third kappa shape index (κ3) is 2.61. The van der Waals surface area contributed by atoms with Gasteiger partial charge in [-0.3, -0.25) is 4.57 Å². The molecule has 0 amide bonds. The summed E-state index contributed by atoms with van der Waals surface area (Å²) in [5, 5.41) is 0.658. The highest BCUT2D eigenvalue weighted by Gasteiger charge is 2.13. The molecule has 0 fully saturated rings. The van der Waals surface area contributed by atoms with E-state index in [2.05, 4.69) is 20.9 Å². The largest absolute Gasteiger partial charge is 0.492 e. The van der Waals surface area contributed by atoms with Crippen molar-refractivity contribution in [3.8, 4) is 11.4 Å². The van der Waals surface area contributed by atoms with E-state index in [4.69, 9.17) is 28.6 Å². The molecule has 0 aliphatic rings. The lowest BCUT2D eigenvalue weighted by Gasteiger charge is -2.09. The van der Waals surface area contributed by atoms with Gasteiger partial charge in [-0.2, -0.15) is 0 Å². The molecule has 0 aliphatic heterocycles. The van der Waals surface area contributed by atoms with E-state index in [-0.39, 0.29) is 0 Å². The maximum absolute atomic E-state index is 6.12. The molecule has 0 aliphatic carbocycles. The van der Waals surface area contributed by atoms with Crippen LogP contribution in [0.5, 0.6) is 5.75 Å². The highest BCUT2D eigenvalue weighted by atomic mass is 79.9. The Morgan fingerprint density at radius 2 is 2.14 bits per heavy atom. The molecule has 0 spiro atoms. The Bertz CT molecular complexity index is 872. The first kappa shape index (κ1) is 14.6. The number of imidazole rings is 1. The van der Waals surface area contributed by atoms with E-state index in [1.54, 1.807) is 0 Å².